The summed E-state index contributed by atoms with van der Waals surface area (Å²) in [5.41, 5.74) is 0.768. The lowest BCUT2D eigenvalue weighted by molar-refractivity contribution is -0.134. The summed E-state index contributed by atoms with van der Waals surface area (Å²) in [6.07, 6.45) is 4.47. The van der Waals surface area contributed by atoms with Gasteiger partial charge in [0.1, 0.15) is 0 Å². The number of hydrogen-bond donors (Lipinski definition) is 1. The Balaban J connectivity index is 3.48. The Bertz CT molecular complexity index is 182. The predicted octanol–water partition coefficient (Wildman–Crippen LogP) is 1.04. The van der Waals surface area contributed by atoms with E-state index in [4.69, 9.17) is 5.11 Å². The van der Waals surface area contributed by atoms with Crippen molar-refractivity contribution in [3.8, 4) is 0 Å². The van der Waals surface area contributed by atoms with Gasteiger partial charge >= 0.3 is 5.97 Å². The van der Waals surface area contributed by atoms with Crippen LogP contribution in [0.5, 0.6) is 0 Å². The number of aliphatic hydroxyl groups is 1. The number of methoxy groups -OCH3 is 1. The Kier molecular flexibility index (Phi) is 6.01. The van der Waals surface area contributed by atoms with Crippen LogP contribution in [-0.4, -0.2) is 24.8 Å². The summed E-state index contributed by atoms with van der Waals surface area (Å²) in [5, 5.41) is 8.57. The Morgan fingerprint density at radius 3 is 2.83 bits per heavy atom. The van der Waals surface area contributed by atoms with E-state index in [2.05, 4.69) is 11.3 Å². The van der Waals surface area contributed by atoms with Crippen LogP contribution < -0.4 is 0 Å². The summed E-state index contributed by atoms with van der Waals surface area (Å²) >= 11 is 0. The fourth-order valence-electron chi connectivity index (χ4n) is 0.614. The second kappa shape index (κ2) is 6.61. The lowest BCUT2D eigenvalue weighted by atomic mass is 10.2. The third-order valence-electron chi connectivity index (χ3n) is 1.34. The summed E-state index contributed by atoms with van der Waals surface area (Å²) in [4.78, 5) is 10.5. The number of carbonyl (C=O) groups excluding carboxylic acids is 1. The number of esters is 1. The van der Waals surface area contributed by atoms with E-state index in [1.165, 1.54) is 13.2 Å². The van der Waals surface area contributed by atoms with Crippen molar-refractivity contribution in [3.63, 3.8) is 0 Å². The molecule has 0 rings (SSSR count). The van der Waals surface area contributed by atoms with Crippen molar-refractivity contribution in [3.05, 3.63) is 24.3 Å². The topological polar surface area (TPSA) is 46.5 Å². The first-order valence-electron chi connectivity index (χ1n) is 3.72. The summed E-state index contributed by atoms with van der Waals surface area (Å²) < 4.78 is 4.39. The zero-order chi connectivity index (χ0) is 9.40. The van der Waals surface area contributed by atoms with Gasteiger partial charge in [-0.25, -0.2) is 4.79 Å². The van der Waals surface area contributed by atoms with Crippen molar-refractivity contribution in [2.45, 2.75) is 12.8 Å². The molecule has 12 heavy (non-hydrogen) atoms. The SMILES string of the molecule is C=C(CO)CC/C=C/C(=O)OC. The number of rotatable bonds is 5. The predicted molar refractivity (Wildman–Crippen MR) is 46.6 cm³/mol. The largest absolute Gasteiger partial charge is 0.466 e. The molecule has 0 saturated heterocycles. The highest BCUT2D eigenvalue weighted by molar-refractivity contribution is 5.81. The van der Waals surface area contributed by atoms with Gasteiger partial charge in [-0.2, -0.15) is 0 Å². The van der Waals surface area contributed by atoms with E-state index in [1.54, 1.807) is 6.08 Å². The molecule has 0 aromatic rings. The van der Waals surface area contributed by atoms with Gasteiger partial charge in [-0.1, -0.05) is 18.2 Å². The van der Waals surface area contributed by atoms with E-state index in [0.717, 1.165) is 5.57 Å². The molecule has 0 saturated carbocycles. The smallest absolute Gasteiger partial charge is 0.330 e. The van der Waals surface area contributed by atoms with Gasteiger partial charge in [0.25, 0.3) is 0 Å². The van der Waals surface area contributed by atoms with E-state index in [-0.39, 0.29) is 12.6 Å². The number of aliphatic hydroxyl groups excluding tert-OH is 1. The molecule has 3 nitrogen and oxygen atoms in total. The van der Waals surface area contributed by atoms with Crippen molar-refractivity contribution in [1.29, 1.82) is 0 Å². The summed E-state index contributed by atoms with van der Waals surface area (Å²) in [5.74, 6) is -0.357. The highest BCUT2D eigenvalue weighted by atomic mass is 16.5. The van der Waals surface area contributed by atoms with Crippen LogP contribution in [0, 0.1) is 0 Å². The van der Waals surface area contributed by atoms with Gasteiger partial charge in [-0.3, -0.25) is 0 Å². The third kappa shape index (κ3) is 5.68. The molecular weight excluding hydrogens is 156 g/mol. The highest BCUT2D eigenvalue weighted by Gasteiger charge is 1.91. The Morgan fingerprint density at radius 2 is 2.33 bits per heavy atom. The fourth-order valence-corrected chi connectivity index (χ4v) is 0.614. The van der Waals surface area contributed by atoms with E-state index in [9.17, 15) is 4.79 Å². The number of hydrogen-bond acceptors (Lipinski definition) is 3. The molecule has 0 radical (unpaired) electrons. The van der Waals surface area contributed by atoms with Crippen LogP contribution in [0.2, 0.25) is 0 Å². The molecule has 68 valence electrons. The van der Waals surface area contributed by atoms with Crippen molar-refractivity contribution >= 4 is 5.97 Å². The van der Waals surface area contributed by atoms with Crippen LogP contribution in [0.3, 0.4) is 0 Å². The first-order valence-corrected chi connectivity index (χ1v) is 3.72. The average molecular weight is 170 g/mol. The molecule has 0 bridgehead atoms. The maximum atomic E-state index is 10.5. The molecule has 0 aliphatic rings. The minimum absolute atomic E-state index is 0.00602. The molecule has 0 aromatic heterocycles. The molecule has 0 fully saturated rings. The van der Waals surface area contributed by atoms with Gasteiger partial charge in [-0.15, -0.1) is 0 Å². The summed E-state index contributed by atoms with van der Waals surface area (Å²) in [7, 11) is 1.33. The molecule has 0 aliphatic carbocycles. The monoisotopic (exact) mass is 170 g/mol. The van der Waals surface area contributed by atoms with Crippen LogP contribution >= 0.6 is 0 Å². The molecule has 0 amide bonds. The number of ether oxygens (including phenoxy) is 1. The van der Waals surface area contributed by atoms with Gasteiger partial charge < -0.3 is 9.84 Å². The highest BCUT2D eigenvalue weighted by Crippen LogP contribution is 2.01. The normalized spacial score (nSPS) is 10.2. The maximum Gasteiger partial charge on any atom is 0.330 e. The molecule has 0 spiro atoms. The molecule has 3 heteroatoms. The Hall–Kier alpha value is -1.09. The molecule has 1 N–H and O–H groups in total. The molecule has 0 heterocycles. The van der Waals surface area contributed by atoms with Crippen LogP contribution in [0.4, 0.5) is 0 Å². The quantitative estimate of drug-likeness (QED) is 0.381. The van der Waals surface area contributed by atoms with Crippen molar-refractivity contribution in [1.82, 2.24) is 0 Å². The van der Waals surface area contributed by atoms with E-state index < -0.39 is 0 Å². The van der Waals surface area contributed by atoms with Crippen molar-refractivity contribution < 1.29 is 14.6 Å². The zero-order valence-electron chi connectivity index (χ0n) is 7.25. The van der Waals surface area contributed by atoms with Gasteiger partial charge in [0, 0.05) is 6.08 Å². The Labute approximate surface area is 72.3 Å². The van der Waals surface area contributed by atoms with Crippen molar-refractivity contribution in [2.24, 2.45) is 0 Å². The molecule has 0 aliphatic heterocycles. The summed E-state index contributed by atoms with van der Waals surface area (Å²) in [6, 6.07) is 0. The van der Waals surface area contributed by atoms with Crippen LogP contribution in [0.25, 0.3) is 0 Å². The van der Waals surface area contributed by atoms with E-state index >= 15 is 0 Å². The molecular formula is C9H14O3. The second-order valence-electron chi connectivity index (χ2n) is 2.37. The van der Waals surface area contributed by atoms with Crippen molar-refractivity contribution in [2.75, 3.05) is 13.7 Å². The van der Waals surface area contributed by atoms with E-state index in [0.29, 0.717) is 12.8 Å². The lowest BCUT2D eigenvalue weighted by Gasteiger charge is -1.96. The van der Waals surface area contributed by atoms with Crippen LogP contribution in [0.1, 0.15) is 12.8 Å². The minimum Gasteiger partial charge on any atom is -0.466 e. The van der Waals surface area contributed by atoms with Crippen LogP contribution in [-0.2, 0) is 9.53 Å². The number of allylic oxidation sites excluding steroid dienone is 1. The second-order valence-corrected chi connectivity index (χ2v) is 2.37. The third-order valence-corrected chi connectivity index (χ3v) is 1.34. The molecule has 0 aromatic carbocycles. The average Bonchev–Trinajstić information content (AvgIpc) is 2.11. The van der Waals surface area contributed by atoms with Gasteiger partial charge in [-0.05, 0) is 12.8 Å². The first kappa shape index (κ1) is 10.9. The van der Waals surface area contributed by atoms with E-state index in [1.807, 2.05) is 0 Å². The zero-order valence-corrected chi connectivity index (χ0v) is 7.25. The minimum atomic E-state index is -0.357. The first-order chi connectivity index (χ1) is 5.70. The van der Waals surface area contributed by atoms with Crippen LogP contribution in [0.15, 0.2) is 24.3 Å². The van der Waals surface area contributed by atoms with Gasteiger partial charge in [0.2, 0.25) is 0 Å². The maximum absolute atomic E-state index is 10.5. The number of carbonyl (C=O) groups is 1. The molecule has 0 atom stereocenters. The van der Waals surface area contributed by atoms with Gasteiger partial charge in [0.05, 0.1) is 13.7 Å². The summed E-state index contributed by atoms with van der Waals surface area (Å²) in [6.45, 7) is 3.62. The lowest BCUT2D eigenvalue weighted by Crippen LogP contribution is -1.93. The Morgan fingerprint density at radius 1 is 1.67 bits per heavy atom. The molecule has 0 unspecified atom stereocenters. The fraction of sp³-hybridized carbons (Fsp3) is 0.444. The standard InChI is InChI=1S/C9H14O3/c1-8(7-10)5-3-4-6-9(11)12-2/h4,6,10H,1,3,5,7H2,2H3/b6-4+. The van der Waals surface area contributed by atoms with Gasteiger partial charge in [0.15, 0.2) is 0 Å².